The lowest BCUT2D eigenvalue weighted by molar-refractivity contribution is -0.133. The van der Waals surface area contributed by atoms with Crippen LogP contribution >= 0.6 is 0 Å². The largest absolute Gasteiger partial charge is 0.359 e. The first-order valence-corrected chi connectivity index (χ1v) is 6.84. The average Bonchev–Trinajstić information content (AvgIpc) is 2.34. The van der Waals surface area contributed by atoms with E-state index in [0.717, 1.165) is 25.8 Å². The molecule has 104 valence electrons. The molecule has 0 saturated carbocycles. The third-order valence-electron chi connectivity index (χ3n) is 3.44. The number of amides is 2. The summed E-state index contributed by atoms with van der Waals surface area (Å²) < 4.78 is 0. The second-order valence-corrected chi connectivity index (χ2v) is 4.89. The van der Waals surface area contributed by atoms with Crippen molar-refractivity contribution >= 4 is 11.8 Å². The highest BCUT2D eigenvalue weighted by atomic mass is 16.2. The van der Waals surface area contributed by atoms with Crippen LogP contribution in [0.25, 0.3) is 0 Å². The quantitative estimate of drug-likeness (QED) is 0.769. The Morgan fingerprint density at radius 3 is 2.72 bits per heavy atom. The van der Waals surface area contributed by atoms with E-state index < -0.39 is 0 Å². The first-order chi connectivity index (χ1) is 8.65. The van der Waals surface area contributed by atoms with E-state index >= 15 is 0 Å². The van der Waals surface area contributed by atoms with Crippen LogP contribution < -0.4 is 10.6 Å². The van der Waals surface area contributed by atoms with Gasteiger partial charge >= 0.3 is 0 Å². The number of hydrogen-bond donors (Lipinski definition) is 2. The first kappa shape index (κ1) is 15.0. The van der Waals surface area contributed by atoms with Crippen LogP contribution in [0.5, 0.6) is 0 Å². The van der Waals surface area contributed by atoms with E-state index in [1.807, 2.05) is 0 Å². The van der Waals surface area contributed by atoms with E-state index in [1.165, 1.54) is 12.8 Å². The van der Waals surface area contributed by atoms with E-state index in [0.29, 0.717) is 13.0 Å². The third-order valence-corrected chi connectivity index (χ3v) is 3.44. The van der Waals surface area contributed by atoms with Crippen LogP contribution in [0.4, 0.5) is 0 Å². The Balaban J connectivity index is 2.37. The first-order valence-electron chi connectivity index (χ1n) is 6.84. The van der Waals surface area contributed by atoms with Gasteiger partial charge in [0.25, 0.3) is 0 Å². The molecule has 0 bridgehead atoms. The fourth-order valence-corrected chi connectivity index (χ4v) is 2.19. The van der Waals surface area contributed by atoms with Gasteiger partial charge in [0.05, 0.1) is 6.04 Å². The van der Waals surface area contributed by atoms with Crippen LogP contribution in [-0.2, 0) is 9.59 Å². The predicted molar refractivity (Wildman–Crippen MR) is 71.2 cm³/mol. The fourth-order valence-electron chi connectivity index (χ4n) is 2.19. The van der Waals surface area contributed by atoms with Gasteiger partial charge in [0.2, 0.25) is 11.8 Å². The summed E-state index contributed by atoms with van der Waals surface area (Å²) in [5.74, 6) is 0.0843. The fraction of sp³-hybridized carbons (Fsp3) is 0.846. The maximum absolute atomic E-state index is 12.2. The molecule has 0 aliphatic carbocycles. The normalized spacial score (nSPS) is 20.7. The third kappa shape index (κ3) is 5.04. The van der Waals surface area contributed by atoms with Gasteiger partial charge in [-0.05, 0) is 19.4 Å². The molecular weight excluding hydrogens is 230 g/mol. The highest BCUT2D eigenvalue weighted by Crippen LogP contribution is 2.11. The number of rotatable bonds is 4. The average molecular weight is 255 g/mol. The molecule has 0 aromatic carbocycles. The Morgan fingerprint density at radius 2 is 2.00 bits per heavy atom. The zero-order valence-electron chi connectivity index (χ0n) is 11.5. The number of carbonyl (C=O) groups is 2. The van der Waals surface area contributed by atoms with Crippen molar-refractivity contribution in [3.05, 3.63) is 0 Å². The van der Waals surface area contributed by atoms with E-state index in [9.17, 15) is 9.59 Å². The molecule has 1 atom stereocenters. The molecular formula is C13H25N3O2. The smallest absolute Gasteiger partial charge is 0.239 e. The number of hydrogen-bond acceptors (Lipinski definition) is 3. The van der Waals surface area contributed by atoms with Crippen LogP contribution in [0, 0.1) is 0 Å². The summed E-state index contributed by atoms with van der Waals surface area (Å²) in [5, 5.41) is 5.88. The second kappa shape index (κ2) is 8.08. The molecule has 5 nitrogen and oxygen atoms in total. The number of likely N-dealkylation sites (N-methyl/N-ethyl adjacent to an activating group) is 1. The van der Waals surface area contributed by atoms with Crippen LogP contribution in [0.15, 0.2) is 0 Å². The highest BCUT2D eigenvalue weighted by Gasteiger charge is 2.22. The van der Waals surface area contributed by atoms with Crippen molar-refractivity contribution in [2.24, 2.45) is 0 Å². The molecule has 18 heavy (non-hydrogen) atoms. The van der Waals surface area contributed by atoms with Gasteiger partial charge in [-0.25, -0.2) is 0 Å². The van der Waals surface area contributed by atoms with Gasteiger partial charge in [0.1, 0.15) is 0 Å². The van der Waals surface area contributed by atoms with E-state index in [-0.39, 0.29) is 17.9 Å². The van der Waals surface area contributed by atoms with Crippen molar-refractivity contribution < 1.29 is 9.59 Å². The Kier molecular flexibility index (Phi) is 6.72. The summed E-state index contributed by atoms with van der Waals surface area (Å²) in [6.45, 7) is 1.40. The molecule has 5 heteroatoms. The molecule has 1 aliphatic rings. The molecule has 0 aromatic heterocycles. The minimum atomic E-state index is -0.0695. The van der Waals surface area contributed by atoms with Gasteiger partial charge < -0.3 is 15.5 Å². The van der Waals surface area contributed by atoms with Crippen molar-refractivity contribution in [2.45, 2.75) is 44.6 Å². The van der Waals surface area contributed by atoms with Crippen molar-refractivity contribution in [3.8, 4) is 0 Å². The van der Waals surface area contributed by atoms with Gasteiger partial charge in [-0.1, -0.05) is 19.3 Å². The Labute approximate surface area is 109 Å². The van der Waals surface area contributed by atoms with Gasteiger partial charge in [-0.2, -0.15) is 0 Å². The Bertz CT molecular complexity index is 273. The lowest BCUT2D eigenvalue weighted by atomic mass is 10.0. The van der Waals surface area contributed by atoms with Crippen molar-refractivity contribution in [1.29, 1.82) is 0 Å². The summed E-state index contributed by atoms with van der Waals surface area (Å²) >= 11 is 0. The summed E-state index contributed by atoms with van der Waals surface area (Å²) in [7, 11) is 3.38. The summed E-state index contributed by atoms with van der Waals surface area (Å²) in [5.41, 5.74) is 0. The number of nitrogens with one attached hydrogen (secondary N) is 2. The molecule has 1 aliphatic heterocycles. The summed E-state index contributed by atoms with van der Waals surface area (Å²) in [4.78, 5) is 25.0. The summed E-state index contributed by atoms with van der Waals surface area (Å²) in [6, 6.07) is -0.0695. The molecule has 1 fully saturated rings. The van der Waals surface area contributed by atoms with Crippen LogP contribution in [-0.4, -0.2) is 49.9 Å². The van der Waals surface area contributed by atoms with Crippen LogP contribution in [0.1, 0.15) is 38.5 Å². The van der Waals surface area contributed by atoms with Crippen LogP contribution in [0.3, 0.4) is 0 Å². The SMILES string of the molecule is CNC(=O)CCN(C)C(=O)C1CCCCCCN1. The van der Waals surface area contributed by atoms with Gasteiger partial charge in [-0.3, -0.25) is 9.59 Å². The molecule has 0 aromatic rings. The lowest BCUT2D eigenvalue weighted by Gasteiger charge is -2.26. The predicted octanol–water partition coefficient (Wildman–Crippen LogP) is 0.503. The minimum absolute atomic E-state index is 0.0275. The minimum Gasteiger partial charge on any atom is -0.359 e. The number of nitrogens with zero attached hydrogens (tertiary/aromatic N) is 1. The van der Waals surface area contributed by atoms with E-state index in [4.69, 9.17) is 0 Å². The topological polar surface area (TPSA) is 61.4 Å². The molecule has 1 saturated heterocycles. The highest BCUT2D eigenvalue weighted by molar-refractivity contribution is 5.82. The lowest BCUT2D eigenvalue weighted by Crippen LogP contribution is -2.46. The van der Waals surface area contributed by atoms with Gasteiger partial charge in [-0.15, -0.1) is 0 Å². The molecule has 2 amide bonds. The Hall–Kier alpha value is -1.10. The van der Waals surface area contributed by atoms with Crippen molar-refractivity contribution in [3.63, 3.8) is 0 Å². The van der Waals surface area contributed by atoms with E-state index in [2.05, 4.69) is 10.6 Å². The molecule has 0 spiro atoms. The molecule has 1 rings (SSSR count). The maximum atomic E-state index is 12.2. The molecule has 0 radical (unpaired) electrons. The molecule has 1 heterocycles. The van der Waals surface area contributed by atoms with Gasteiger partial charge in [0, 0.05) is 27.1 Å². The standard InChI is InChI=1S/C13H25N3O2/c1-14-12(17)8-10-16(2)13(18)11-7-5-3-4-6-9-15-11/h11,15H,3-10H2,1-2H3,(H,14,17). The van der Waals surface area contributed by atoms with Crippen molar-refractivity contribution in [1.82, 2.24) is 15.5 Å². The molecule has 1 unspecified atom stereocenters. The second-order valence-electron chi connectivity index (χ2n) is 4.89. The zero-order chi connectivity index (χ0) is 13.4. The maximum Gasteiger partial charge on any atom is 0.239 e. The number of carbonyl (C=O) groups excluding carboxylic acids is 2. The van der Waals surface area contributed by atoms with Crippen molar-refractivity contribution in [2.75, 3.05) is 27.2 Å². The monoisotopic (exact) mass is 255 g/mol. The van der Waals surface area contributed by atoms with Crippen LogP contribution in [0.2, 0.25) is 0 Å². The Morgan fingerprint density at radius 1 is 1.28 bits per heavy atom. The zero-order valence-corrected chi connectivity index (χ0v) is 11.5. The molecule has 2 N–H and O–H groups in total. The van der Waals surface area contributed by atoms with E-state index in [1.54, 1.807) is 19.0 Å². The summed E-state index contributed by atoms with van der Waals surface area (Å²) in [6.07, 6.45) is 5.99. The van der Waals surface area contributed by atoms with Gasteiger partial charge in [0.15, 0.2) is 0 Å².